The van der Waals surface area contributed by atoms with Crippen LogP contribution < -0.4 is 5.32 Å². The van der Waals surface area contributed by atoms with E-state index in [9.17, 15) is 14.7 Å². The van der Waals surface area contributed by atoms with Gasteiger partial charge in [-0.1, -0.05) is 50.1 Å². The summed E-state index contributed by atoms with van der Waals surface area (Å²) in [5.41, 5.74) is 0.453. The maximum absolute atomic E-state index is 11.9. The van der Waals surface area contributed by atoms with E-state index in [1.165, 1.54) is 6.42 Å². The smallest absolute Gasteiger partial charge is 0.340 e. The fourth-order valence-electron chi connectivity index (χ4n) is 2.77. The van der Waals surface area contributed by atoms with Crippen LogP contribution in [0.25, 0.3) is 0 Å². The molecule has 2 rings (SSSR count). The summed E-state index contributed by atoms with van der Waals surface area (Å²) in [5, 5.41) is 12.8. The zero-order chi connectivity index (χ0) is 15.9. The predicted molar refractivity (Wildman–Crippen MR) is 81.9 cm³/mol. The van der Waals surface area contributed by atoms with Crippen molar-refractivity contribution in [2.75, 3.05) is 6.61 Å². The van der Waals surface area contributed by atoms with Crippen molar-refractivity contribution >= 4 is 11.9 Å². The van der Waals surface area contributed by atoms with E-state index in [1.54, 1.807) is 30.3 Å². The molecule has 0 radical (unpaired) electrons. The Kier molecular flexibility index (Phi) is 5.95. The number of esters is 1. The first-order chi connectivity index (χ1) is 10.6. The van der Waals surface area contributed by atoms with Crippen LogP contribution in [0.4, 0.5) is 0 Å². The number of hydrogen-bond acceptors (Lipinski definition) is 4. The van der Waals surface area contributed by atoms with Gasteiger partial charge in [0.05, 0.1) is 0 Å². The second-order valence-corrected chi connectivity index (χ2v) is 5.86. The van der Waals surface area contributed by atoms with Gasteiger partial charge in [-0.2, -0.15) is 0 Å². The maximum atomic E-state index is 11.9. The molecular weight excluding hydrogens is 282 g/mol. The van der Waals surface area contributed by atoms with Crippen LogP contribution in [-0.2, 0) is 14.3 Å². The highest BCUT2D eigenvalue weighted by Gasteiger charge is 2.24. The van der Waals surface area contributed by atoms with Gasteiger partial charge in [0.15, 0.2) is 12.7 Å². The Morgan fingerprint density at radius 1 is 1.27 bits per heavy atom. The number of aliphatic hydroxyl groups excluding tert-OH is 1. The van der Waals surface area contributed by atoms with Crippen molar-refractivity contribution in [1.29, 1.82) is 0 Å². The van der Waals surface area contributed by atoms with Gasteiger partial charge in [-0.3, -0.25) is 4.79 Å². The van der Waals surface area contributed by atoms with Crippen LogP contribution in [-0.4, -0.2) is 29.6 Å². The summed E-state index contributed by atoms with van der Waals surface area (Å²) < 4.78 is 4.90. The van der Waals surface area contributed by atoms with Crippen LogP contribution in [0.15, 0.2) is 30.3 Å². The lowest BCUT2D eigenvalue weighted by Gasteiger charge is -2.29. The molecular formula is C17H23NO4. The van der Waals surface area contributed by atoms with Crippen LogP contribution in [0.1, 0.15) is 44.3 Å². The van der Waals surface area contributed by atoms with Gasteiger partial charge in [-0.05, 0) is 24.3 Å². The largest absolute Gasteiger partial charge is 0.453 e. The van der Waals surface area contributed by atoms with Gasteiger partial charge in [0.1, 0.15) is 0 Å². The standard InChI is InChI=1S/C17H23NO4/c1-12-7-5-6-10-14(12)18-15(19)11-22-17(21)16(20)13-8-3-2-4-9-13/h2-4,8-9,12,14,16,20H,5-7,10-11H2,1H3,(H,18,19)/t12-,14+,16-/m1/s1. The zero-order valence-corrected chi connectivity index (χ0v) is 12.8. The average Bonchev–Trinajstić information content (AvgIpc) is 2.55. The lowest BCUT2D eigenvalue weighted by Crippen LogP contribution is -2.43. The number of ether oxygens (including phenoxy) is 1. The molecule has 0 aromatic heterocycles. The van der Waals surface area contributed by atoms with Crippen LogP contribution in [0.3, 0.4) is 0 Å². The van der Waals surface area contributed by atoms with Gasteiger partial charge < -0.3 is 15.2 Å². The highest BCUT2D eigenvalue weighted by Crippen LogP contribution is 2.23. The van der Waals surface area contributed by atoms with E-state index in [2.05, 4.69) is 12.2 Å². The summed E-state index contributed by atoms with van der Waals surface area (Å²) in [6.45, 7) is 1.77. The number of benzene rings is 1. The molecule has 1 aliphatic rings. The van der Waals surface area contributed by atoms with Crippen LogP contribution in [0.5, 0.6) is 0 Å². The zero-order valence-electron chi connectivity index (χ0n) is 12.8. The second-order valence-electron chi connectivity index (χ2n) is 5.86. The molecule has 2 N–H and O–H groups in total. The van der Waals surface area contributed by atoms with Crippen molar-refractivity contribution < 1.29 is 19.4 Å². The van der Waals surface area contributed by atoms with Crippen molar-refractivity contribution in [2.24, 2.45) is 5.92 Å². The summed E-state index contributed by atoms with van der Waals surface area (Å²) in [6, 6.07) is 8.66. The number of amides is 1. The van der Waals surface area contributed by atoms with Gasteiger partial charge >= 0.3 is 5.97 Å². The molecule has 1 amide bonds. The van der Waals surface area contributed by atoms with Gasteiger partial charge in [0.25, 0.3) is 5.91 Å². The molecule has 1 aromatic carbocycles. The van der Waals surface area contributed by atoms with E-state index in [1.807, 2.05) is 0 Å². The van der Waals surface area contributed by atoms with E-state index >= 15 is 0 Å². The number of nitrogens with one attached hydrogen (secondary N) is 1. The molecule has 1 fully saturated rings. The highest BCUT2D eigenvalue weighted by molar-refractivity contribution is 5.82. The Balaban J connectivity index is 1.77. The van der Waals surface area contributed by atoms with Crippen molar-refractivity contribution in [3.8, 4) is 0 Å². The minimum Gasteiger partial charge on any atom is -0.453 e. The van der Waals surface area contributed by atoms with E-state index in [4.69, 9.17) is 4.74 Å². The molecule has 1 aliphatic carbocycles. The molecule has 0 spiro atoms. The molecule has 1 saturated carbocycles. The molecule has 22 heavy (non-hydrogen) atoms. The Morgan fingerprint density at radius 2 is 1.95 bits per heavy atom. The quantitative estimate of drug-likeness (QED) is 0.815. The van der Waals surface area contributed by atoms with Crippen LogP contribution >= 0.6 is 0 Å². The molecule has 5 heteroatoms. The lowest BCUT2D eigenvalue weighted by molar-refractivity contribution is -0.157. The number of carbonyl (C=O) groups is 2. The Bertz CT molecular complexity index is 503. The third kappa shape index (κ3) is 4.56. The summed E-state index contributed by atoms with van der Waals surface area (Å²) in [4.78, 5) is 23.6. The second kappa shape index (κ2) is 7.94. The SMILES string of the molecule is C[C@@H]1CCCC[C@@H]1NC(=O)COC(=O)[C@H](O)c1ccccc1. The molecule has 0 bridgehead atoms. The van der Waals surface area contributed by atoms with E-state index in [-0.39, 0.29) is 18.6 Å². The summed E-state index contributed by atoms with van der Waals surface area (Å²) in [7, 11) is 0. The molecule has 0 aliphatic heterocycles. The minimum atomic E-state index is -1.36. The first kappa shape index (κ1) is 16.5. The van der Waals surface area contributed by atoms with Crippen molar-refractivity contribution in [3.05, 3.63) is 35.9 Å². The fraction of sp³-hybridized carbons (Fsp3) is 0.529. The average molecular weight is 305 g/mol. The summed E-state index contributed by atoms with van der Waals surface area (Å²) in [6.07, 6.45) is 3.03. The topological polar surface area (TPSA) is 75.6 Å². The normalized spacial score (nSPS) is 22.6. The van der Waals surface area contributed by atoms with Crippen LogP contribution in [0.2, 0.25) is 0 Å². The molecule has 0 heterocycles. The molecule has 5 nitrogen and oxygen atoms in total. The molecule has 120 valence electrons. The third-order valence-electron chi connectivity index (χ3n) is 4.14. The first-order valence-electron chi connectivity index (χ1n) is 7.77. The molecule has 1 aromatic rings. The molecule has 0 saturated heterocycles. The molecule has 3 atom stereocenters. The monoisotopic (exact) mass is 305 g/mol. The number of carbonyl (C=O) groups excluding carboxylic acids is 2. The number of aliphatic hydroxyl groups is 1. The Morgan fingerprint density at radius 3 is 2.64 bits per heavy atom. The third-order valence-corrected chi connectivity index (χ3v) is 4.14. The fourth-order valence-corrected chi connectivity index (χ4v) is 2.77. The van der Waals surface area contributed by atoms with E-state index in [0.717, 1.165) is 19.3 Å². The van der Waals surface area contributed by atoms with Gasteiger partial charge in [-0.25, -0.2) is 4.79 Å². The van der Waals surface area contributed by atoms with Crippen molar-refractivity contribution in [1.82, 2.24) is 5.32 Å². The Hall–Kier alpha value is -1.88. The first-order valence-corrected chi connectivity index (χ1v) is 7.77. The van der Waals surface area contributed by atoms with Crippen LogP contribution in [0, 0.1) is 5.92 Å². The highest BCUT2D eigenvalue weighted by atomic mass is 16.5. The van der Waals surface area contributed by atoms with Gasteiger partial charge in [-0.15, -0.1) is 0 Å². The number of rotatable bonds is 5. The Labute approximate surface area is 130 Å². The molecule has 0 unspecified atom stereocenters. The van der Waals surface area contributed by atoms with E-state index in [0.29, 0.717) is 11.5 Å². The van der Waals surface area contributed by atoms with Crippen molar-refractivity contribution in [2.45, 2.75) is 44.8 Å². The summed E-state index contributed by atoms with van der Waals surface area (Å²) >= 11 is 0. The number of hydrogen-bond donors (Lipinski definition) is 2. The van der Waals surface area contributed by atoms with Crippen molar-refractivity contribution in [3.63, 3.8) is 0 Å². The van der Waals surface area contributed by atoms with Gasteiger partial charge in [0, 0.05) is 6.04 Å². The van der Waals surface area contributed by atoms with Gasteiger partial charge in [0.2, 0.25) is 0 Å². The summed E-state index contributed by atoms with van der Waals surface area (Å²) in [5.74, 6) is -0.672. The van der Waals surface area contributed by atoms with E-state index < -0.39 is 12.1 Å². The predicted octanol–water partition coefficient (Wildman–Crippen LogP) is 1.96. The minimum absolute atomic E-state index is 0.152. The lowest BCUT2D eigenvalue weighted by atomic mass is 9.86. The maximum Gasteiger partial charge on any atom is 0.340 e.